The highest BCUT2D eigenvalue weighted by atomic mass is 32.2. The van der Waals surface area contributed by atoms with E-state index in [9.17, 15) is 42.6 Å². The molecule has 0 unspecified atom stereocenters. The van der Waals surface area contributed by atoms with Crippen molar-refractivity contribution in [2.75, 3.05) is 12.3 Å². The lowest BCUT2D eigenvalue weighted by molar-refractivity contribution is -0.161. The first kappa shape index (κ1) is 29.0. The Hall–Kier alpha value is -4.56. The highest BCUT2D eigenvalue weighted by Crippen LogP contribution is 2.16. The highest BCUT2D eigenvalue weighted by molar-refractivity contribution is 7.88. The Morgan fingerprint density at radius 3 is 2.62 bits per heavy atom. The average molecular weight is 587 g/mol. The number of nitrogens with zero attached hydrogens (tertiary/aromatic N) is 3. The van der Waals surface area contributed by atoms with Crippen LogP contribution in [0, 0.1) is 0 Å². The molecule has 0 saturated carbocycles. The molecule has 18 nitrogen and oxygen atoms in total. The predicted molar refractivity (Wildman–Crippen MR) is 133 cm³/mol. The molecule has 1 fully saturated rings. The maximum atomic E-state index is 12.8. The third-order valence-electron chi connectivity index (χ3n) is 4.97. The molecule has 3 heterocycles. The molecule has 0 aromatic carbocycles. The van der Waals surface area contributed by atoms with Gasteiger partial charge in [-0.2, -0.15) is 13.1 Å². The predicted octanol–water partition coefficient (Wildman–Crippen LogP) is -2.23. The lowest BCUT2D eigenvalue weighted by Gasteiger charge is -2.36. The first-order valence-electron chi connectivity index (χ1n) is 10.6. The molecule has 8 N–H and O–H groups in total. The summed E-state index contributed by atoms with van der Waals surface area (Å²) in [6.07, 6.45) is 0.955. The minimum atomic E-state index is -4.48. The Bertz CT molecular complexity index is 1510. The first-order chi connectivity index (χ1) is 18.1. The Morgan fingerprint density at radius 1 is 1.36 bits per heavy atom. The van der Waals surface area contributed by atoms with Crippen LogP contribution in [-0.2, 0) is 36.0 Å². The number of amides is 4. The normalized spacial score (nSPS) is 15.8. The van der Waals surface area contributed by atoms with E-state index in [2.05, 4.69) is 20.4 Å². The Labute approximate surface area is 223 Å². The summed E-state index contributed by atoms with van der Waals surface area (Å²) in [6.45, 7) is 1.51. The zero-order chi connectivity index (χ0) is 29.1. The number of likely N-dealkylation sites (tertiary alicyclic amines) is 1. The maximum Gasteiger partial charge on any atom is 0.350 e. The summed E-state index contributed by atoms with van der Waals surface area (Å²) in [5.74, 6) is -3.90. The van der Waals surface area contributed by atoms with Gasteiger partial charge in [-0.1, -0.05) is 5.16 Å². The van der Waals surface area contributed by atoms with Gasteiger partial charge >= 0.3 is 22.2 Å². The van der Waals surface area contributed by atoms with Crippen molar-refractivity contribution < 1.29 is 42.6 Å². The SMILES string of the molecule is CC(C)(ON=C(C(=O)N[C@H]1CN(C(=O)NS(=O)(=O)NCc2cc(=O)c(O)c[nH]2)C1=O)c1csc(N)n1)C(=O)O. The van der Waals surface area contributed by atoms with Crippen molar-refractivity contribution in [1.29, 1.82) is 0 Å². The fourth-order valence-electron chi connectivity index (χ4n) is 2.73. The summed E-state index contributed by atoms with van der Waals surface area (Å²) in [6, 6.07) is -1.63. The van der Waals surface area contributed by atoms with Gasteiger partial charge in [0.25, 0.3) is 11.8 Å². The number of aromatic amines is 1. The molecule has 4 amide bonds. The van der Waals surface area contributed by atoms with Crippen LogP contribution in [0.1, 0.15) is 25.2 Å². The van der Waals surface area contributed by atoms with Gasteiger partial charge in [-0.15, -0.1) is 11.3 Å². The largest absolute Gasteiger partial charge is 0.503 e. The monoisotopic (exact) mass is 586 g/mol. The maximum absolute atomic E-state index is 12.8. The van der Waals surface area contributed by atoms with Crippen LogP contribution in [0.5, 0.6) is 5.75 Å². The number of carbonyl (C=O) groups is 4. The number of pyridine rings is 1. The number of urea groups is 1. The van der Waals surface area contributed by atoms with Gasteiger partial charge in [-0.25, -0.2) is 19.3 Å². The Morgan fingerprint density at radius 2 is 2.05 bits per heavy atom. The van der Waals surface area contributed by atoms with Crippen molar-refractivity contribution in [3.05, 3.63) is 39.3 Å². The molecule has 39 heavy (non-hydrogen) atoms. The number of aromatic nitrogens is 2. The number of imide groups is 1. The second kappa shape index (κ2) is 11.0. The van der Waals surface area contributed by atoms with E-state index in [0.29, 0.717) is 4.90 Å². The van der Waals surface area contributed by atoms with Gasteiger partial charge in [0.05, 0.1) is 13.1 Å². The van der Waals surface area contributed by atoms with Gasteiger partial charge in [0.15, 0.2) is 16.6 Å². The van der Waals surface area contributed by atoms with Crippen LogP contribution < -0.4 is 25.9 Å². The smallest absolute Gasteiger partial charge is 0.350 e. The fraction of sp³-hybridized carbons (Fsp3) is 0.316. The van der Waals surface area contributed by atoms with E-state index in [1.807, 2.05) is 4.72 Å². The van der Waals surface area contributed by atoms with E-state index in [1.54, 1.807) is 4.72 Å². The van der Waals surface area contributed by atoms with Crippen molar-refractivity contribution in [3.8, 4) is 5.75 Å². The number of nitrogens with two attached hydrogens (primary N) is 1. The average Bonchev–Trinajstić information content (AvgIpc) is 3.27. The zero-order valence-corrected chi connectivity index (χ0v) is 21.8. The number of carbonyl (C=O) groups excluding carboxylic acids is 3. The molecule has 1 atom stereocenters. The Kier molecular flexibility index (Phi) is 8.22. The van der Waals surface area contributed by atoms with Crippen LogP contribution >= 0.6 is 11.3 Å². The molecule has 2 aromatic rings. The van der Waals surface area contributed by atoms with Gasteiger partial charge in [-0.3, -0.25) is 19.3 Å². The number of oxime groups is 1. The quantitative estimate of drug-likeness (QED) is 0.0885. The summed E-state index contributed by atoms with van der Waals surface area (Å²) in [5.41, 5.74) is 2.53. The number of carboxylic acids is 1. The number of carboxylic acid groups (broad SMARTS) is 1. The minimum Gasteiger partial charge on any atom is -0.503 e. The van der Waals surface area contributed by atoms with Gasteiger partial charge in [0.1, 0.15) is 11.7 Å². The van der Waals surface area contributed by atoms with E-state index in [-0.39, 0.29) is 16.5 Å². The summed E-state index contributed by atoms with van der Waals surface area (Å²) in [7, 11) is -4.48. The number of H-pyrrole nitrogens is 1. The molecule has 2 aromatic heterocycles. The van der Waals surface area contributed by atoms with E-state index in [0.717, 1.165) is 23.6 Å². The number of thiazole rings is 1. The number of rotatable bonds is 10. The first-order valence-corrected chi connectivity index (χ1v) is 13.0. The Balaban J connectivity index is 1.60. The topological polar surface area (TPSA) is 276 Å². The van der Waals surface area contributed by atoms with E-state index < -0.39 is 75.6 Å². The number of nitrogen functional groups attached to an aromatic ring is 1. The van der Waals surface area contributed by atoms with Crippen LogP contribution in [0.4, 0.5) is 9.93 Å². The second-order valence-corrected chi connectivity index (χ2v) is 10.7. The van der Waals surface area contributed by atoms with Gasteiger partial charge in [0.2, 0.25) is 11.0 Å². The van der Waals surface area contributed by atoms with Crippen molar-refractivity contribution in [3.63, 3.8) is 0 Å². The molecule has 0 spiro atoms. The van der Waals surface area contributed by atoms with E-state index in [1.165, 1.54) is 19.2 Å². The van der Waals surface area contributed by atoms with Crippen LogP contribution in [0.3, 0.4) is 0 Å². The highest BCUT2D eigenvalue weighted by Gasteiger charge is 2.43. The van der Waals surface area contributed by atoms with Crippen molar-refractivity contribution in [2.24, 2.45) is 5.16 Å². The molecule has 3 rings (SSSR count). The fourth-order valence-corrected chi connectivity index (χ4v) is 4.04. The molecular weight excluding hydrogens is 564 g/mol. The van der Waals surface area contributed by atoms with Crippen LogP contribution in [0.15, 0.2) is 27.6 Å². The number of hydrogen-bond donors (Lipinski definition) is 7. The molecule has 0 radical (unpaired) electrons. The number of aliphatic carboxylic acids is 1. The van der Waals surface area contributed by atoms with Crippen molar-refractivity contribution in [2.45, 2.75) is 32.0 Å². The van der Waals surface area contributed by atoms with E-state index >= 15 is 0 Å². The van der Waals surface area contributed by atoms with Crippen molar-refractivity contribution in [1.82, 2.24) is 29.6 Å². The molecule has 210 valence electrons. The molecule has 0 aliphatic carbocycles. The lowest BCUT2D eigenvalue weighted by atomic mass is 10.1. The number of β-lactam (4-membered cyclic amide) rings is 1. The van der Waals surface area contributed by atoms with Crippen LogP contribution in [0.25, 0.3) is 0 Å². The molecule has 20 heteroatoms. The zero-order valence-electron chi connectivity index (χ0n) is 20.1. The summed E-state index contributed by atoms with van der Waals surface area (Å²) in [4.78, 5) is 72.0. The standard InChI is InChI=1S/C19H22N8O10S2/c1-19(2,16(32)33)37-25-13(10-7-38-17(20)24-10)14(30)23-9-6-27(15(9)31)18(34)26-39(35,36)22-4-8-3-11(28)12(29)5-21-8/h3,5,7,9,22,29H,4,6H2,1-2H3,(H2,20,24)(H,21,28)(H,23,30)(H,26,34)(H,32,33)/t9-/m0/s1. The van der Waals surface area contributed by atoms with Gasteiger partial charge < -0.3 is 31.1 Å². The molecular formula is C19H22N8O10S2. The third kappa shape index (κ3) is 7.06. The van der Waals surface area contributed by atoms with Crippen molar-refractivity contribution >= 4 is 56.2 Å². The lowest BCUT2D eigenvalue weighted by Crippen LogP contribution is -2.68. The third-order valence-corrected chi connectivity index (χ3v) is 6.61. The van der Waals surface area contributed by atoms with Gasteiger partial charge in [-0.05, 0) is 13.8 Å². The number of anilines is 1. The van der Waals surface area contributed by atoms with Crippen LogP contribution in [0.2, 0.25) is 0 Å². The summed E-state index contributed by atoms with van der Waals surface area (Å²) >= 11 is 0.957. The van der Waals surface area contributed by atoms with E-state index in [4.69, 9.17) is 10.6 Å². The number of hydrogen-bond acceptors (Lipinski definition) is 13. The molecule has 1 aliphatic heterocycles. The second-order valence-electron chi connectivity index (χ2n) is 8.33. The molecule has 1 saturated heterocycles. The summed E-state index contributed by atoms with van der Waals surface area (Å²) < 4.78 is 27.9. The van der Waals surface area contributed by atoms with Crippen LogP contribution in [-0.4, -0.2) is 81.2 Å². The minimum absolute atomic E-state index is 0.0651. The number of nitrogens with one attached hydrogen (secondary N) is 4. The number of aromatic hydroxyl groups is 1. The molecule has 0 bridgehead atoms. The molecule has 1 aliphatic rings. The summed E-state index contributed by atoms with van der Waals surface area (Å²) in [5, 5.41) is 25.7. The van der Waals surface area contributed by atoms with Gasteiger partial charge in [0, 0.05) is 23.3 Å².